The van der Waals surface area contributed by atoms with E-state index in [-0.39, 0.29) is 17.9 Å². The molecule has 0 aromatic rings. The first kappa shape index (κ1) is 10.9. The highest BCUT2D eigenvalue weighted by Crippen LogP contribution is 2.25. The first-order chi connectivity index (χ1) is 5.82. The van der Waals surface area contributed by atoms with Gasteiger partial charge in [-0.05, 0) is 5.92 Å². The van der Waals surface area contributed by atoms with Crippen molar-refractivity contribution in [3.05, 3.63) is 0 Å². The van der Waals surface area contributed by atoms with Gasteiger partial charge in [-0.25, -0.2) is 12.7 Å². The third kappa shape index (κ3) is 2.42. The molecule has 1 aliphatic heterocycles. The Hall–Kier alpha value is -0.130. The van der Waals surface area contributed by atoms with E-state index in [0.717, 1.165) is 0 Å². The minimum atomic E-state index is -3.04. The summed E-state index contributed by atoms with van der Waals surface area (Å²) in [5.74, 6) is 0.321. The Morgan fingerprint density at radius 2 is 1.85 bits per heavy atom. The zero-order valence-electron chi connectivity index (χ0n) is 8.27. The minimum Gasteiger partial charge on any atom is -0.392 e. The Morgan fingerprint density at radius 1 is 1.38 bits per heavy atom. The maximum Gasteiger partial charge on any atom is 0.211 e. The van der Waals surface area contributed by atoms with Gasteiger partial charge in [0.2, 0.25) is 10.0 Å². The van der Waals surface area contributed by atoms with Crippen molar-refractivity contribution in [2.45, 2.75) is 20.0 Å². The lowest BCUT2D eigenvalue weighted by Crippen LogP contribution is -2.54. The van der Waals surface area contributed by atoms with Gasteiger partial charge in [0.05, 0.1) is 12.4 Å². The highest BCUT2D eigenvalue weighted by molar-refractivity contribution is 7.88. The van der Waals surface area contributed by atoms with Gasteiger partial charge in [0.15, 0.2) is 0 Å². The van der Waals surface area contributed by atoms with Crippen molar-refractivity contribution in [1.29, 1.82) is 0 Å². The number of aliphatic hydroxyl groups excluding tert-OH is 1. The molecule has 0 radical (unpaired) electrons. The van der Waals surface area contributed by atoms with E-state index < -0.39 is 10.0 Å². The van der Waals surface area contributed by atoms with Gasteiger partial charge in [-0.3, -0.25) is 0 Å². The molecule has 1 fully saturated rings. The van der Waals surface area contributed by atoms with Crippen molar-refractivity contribution in [2.75, 3.05) is 19.3 Å². The fourth-order valence-corrected chi connectivity index (χ4v) is 2.43. The fraction of sp³-hybridized carbons (Fsp3) is 1.00. The molecule has 0 aromatic heterocycles. The SMILES string of the molecule is CC(C)C(O)C1CN(S(C)(=O)=O)C1. The molecule has 1 heterocycles. The Kier molecular flexibility index (Phi) is 2.99. The third-order valence-electron chi connectivity index (χ3n) is 2.51. The molecule has 1 rings (SSSR count). The van der Waals surface area contributed by atoms with E-state index in [9.17, 15) is 13.5 Å². The normalized spacial score (nSPS) is 23.2. The summed E-state index contributed by atoms with van der Waals surface area (Å²) < 4.78 is 23.4. The largest absolute Gasteiger partial charge is 0.392 e. The van der Waals surface area contributed by atoms with Crippen molar-refractivity contribution in [1.82, 2.24) is 4.31 Å². The number of sulfonamides is 1. The van der Waals surface area contributed by atoms with Crippen molar-refractivity contribution in [3.8, 4) is 0 Å². The predicted molar refractivity (Wildman–Crippen MR) is 50.8 cm³/mol. The number of hydrogen-bond donors (Lipinski definition) is 1. The molecule has 5 heteroatoms. The zero-order chi connectivity index (χ0) is 10.2. The van der Waals surface area contributed by atoms with Gasteiger partial charge in [0.1, 0.15) is 0 Å². The summed E-state index contributed by atoms with van der Waals surface area (Å²) in [5.41, 5.74) is 0. The highest BCUT2D eigenvalue weighted by Gasteiger charge is 2.38. The molecule has 0 aromatic carbocycles. The first-order valence-corrected chi connectivity index (χ1v) is 6.30. The van der Waals surface area contributed by atoms with Gasteiger partial charge >= 0.3 is 0 Å². The average molecular weight is 207 g/mol. The van der Waals surface area contributed by atoms with Crippen LogP contribution in [0.15, 0.2) is 0 Å². The van der Waals surface area contributed by atoms with Crippen molar-refractivity contribution >= 4 is 10.0 Å². The summed E-state index contributed by atoms with van der Waals surface area (Å²) >= 11 is 0. The molecule has 1 N–H and O–H groups in total. The average Bonchev–Trinajstić information content (AvgIpc) is 1.79. The fourth-order valence-electron chi connectivity index (χ4n) is 1.50. The van der Waals surface area contributed by atoms with E-state index in [2.05, 4.69) is 0 Å². The van der Waals surface area contributed by atoms with Crippen molar-refractivity contribution < 1.29 is 13.5 Å². The van der Waals surface area contributed by atoms with E-state index in [1.807, 2.05) is 13.8 Å². The molecule has 1 unspecified atom stereocenters. The molecule has 0 amide bonds. The van der Waals surface area contributed by atoms with Crippen LogP contribution in [0.25, 0.3) is 0 Å². The van der Waals surface area contributed by atoms with Crippen LogP contribution in [-0.4, -0.2) is 43.3 Å². The molecule has 0 bridgehead atoms. The summed E-state index contributed by atoms with van der Waals surface area (Å²) in [6.45, 7) is 4.82. The van der Waals surface area contributed by atoms with E-state index in [1.165, 1.54) is 10.6 Å². The molecule has 78 valence electrons. The second kappa shape index (κ2) is 3.55. The monoisotopic (exact) mass is 207 g/mol. The number of rotatable bonds is 3. The summed E-state index contributed by atoms with van der Waals surface area (Å²) in [6.07, 6.45) is 0.823. The van der Waals surface area contributed by atoms with Crippen LogP contribution in [0.4, 0.5) is 0 Å². The Bertz CT molecular complexity index is 267. The quantitative estimate of drug-likeness (QED) is 0.703. The summed E-state index contributed by atoms with van der Waals surface area (Å²) in [6, 6.07) is 0. The number of aliphatic hydroxyl groups is 1. The van der Waals surface area contributed by atoms with Crippen molar-refractivity contribution in [2.24, 2.45) is 11.8 Å². The standard InChI is InChI=1S/C8H17NO3S/c1-6(2)8(10)7-4-9(5-7)13(3,11)12/h6-8,10H,4-5H2,1-3H3. The molecule has 4 nitrogen and oxygen atoms in total. The minimum absolute atomic E-state index is 0.120. The van der Waals surface area contributed by atoms with Crippen LogP contribution in [0, 0.1) is 11.8 Å². The van der Waals surface area contributed by atoms with E-state index >= 15 is 0 Å². The van der Waals surface area contributed by atoms with Crippen LogP contribution in [0.2, 0.25) is 0 Å². The Morgan fingerprint density at radius 3 is 2.15 bits per heavy atom. The van der Waals surface area contributed by atoms with Crippen LogP contribution in [0.5, 0.6) is 0 Å². The van der Waals surface area contributed by atoms with Crippen LogP contribution in [0.1, 0.15) is 13.8 Å². The molecule has 1 atom stereocenters. The third-order valence-corrected chi connectivity index (χ3v) is 3.75. The Labute approximate surface area is 79.6 Å². The van der Waals surface area contributed by atoms with Gasteiger partial charge < -0.3 is 5.11 Å². The van der Waals surface area contributed by atoms with Gasteiger partial charge in [-0.2, -0.15) is 0 Å². The lowest BCUT2D eigenvalue weighted by Gasteiger charge is -2.41. The number of hydrogen-bond acceptors (Lipinski definition) is 3. The lowest BCUT2D eigenvalue weighted by atomic mass is 9.89. The first-order valence-electron chi connectivity index (χ1n) is 4.45. The maximum atomic E-state index is 11.0. The Balaban J connectivity index is 2.42. The second-order valence-corrected chi connectivity index (χ2v) is 6.06. The molecular formula is C8H17NO3S. The maximum absolute atomic E-state index is 11.0. The molecule has 0 saturated carbocycles. The van der Waals surface area contributed by atoms with Crippen LogP contribution < -0.4 is 0 Å². The zero-order valence-corrected chi connectivity index (χ0v) is 9.08. The molecular weight excluding hydrogens is 190 g/mol. The molecule has 1 saturated heterocycles. The number of nitrogens with zero attached hydrogens (tertiary/aromatic N) is 1. The van der Waals surface area contributed by atoms with E-state index in [4.69, 9.17) is 0 Å². The summed E-state index contributed by atoms with van der Waals surface area (Å²) in [7, 11) is -3.04. The van der Waals surface area contributed by atoms with Gasteiger partial charge in [-0.15, -0.1) is 0 Å². The predicted octanol–water partition coefficient (Wildman–Crippen LogP) is -0.105. The topological polar surface area (TPSA) is 57.6 Å². The lowest BCUT2D eigenvalue weighted by molar-refractivity contribution is 0.00741. The van der Waals surface area contributed by atoms with Crippen LogP contribution in [0.3, 0.4) is 0 Å². The summed E-state index contributed by atoms with van der Waals surface area (Å²) in [4.78, 5) is 0. The highest BCUT2D eigenvalue weighted by atomic mass is 32.2. The van der Waals surface area contributed by atoms with Crippen molar-refractivity contribution in [3.63, 3.8) is 0 Å². The second-order valence-electron chi connectivity index (χ2n) is 4.07. The molecule has 0 aliphatic carbocycles. The molecule has 0 spiro atoms. The van der Waals surface area contributed by atoms with E-state index in [1.54, 1.807) is 0 Å². The van der Waals surface area contributed by atoms with E-state index in [0.29, 0.717) is 13.1 Å². The smallest absolute Gasteiger partial charge is 0.211 e. The summed E-state index contributed by atoms with van der Waals surface area (Å²) in [5, 5.41) is 9.61. The molecule has 1 aliphatic rings. The van der Waals surface area contributed by atoms with Crippen LogP contribution in [-0.2, 0) is 10.0 Å². The molecule has 13 heavy (non-hydrogen) atoms. The van der Waals surface area contributed by atoms with Gasteiger partial charge in [0, 0.05) is 19.0 Å². The van der Waals surface area contributed by atoms with Gasteiger partial charge in [-0.1, -0.05) is 13.8 Å². The van der Waals surface area contributed by atoms with Gasteiger partial charge in [0.25, 0.3) is 0 Å². The van der Waals surface area contributed by atoms with Crippen LogP contribution >= 0.6 is 0 Å².